The highest BCUT2D eigenvalue weighted by molar-refractivity contribution is 7.89. The van der Waals surface area contributed by atoms with E-state index in [0.29, 0.717) is 16.9 Å². The minimum atomic E-state index is -3.69. The summed E-state index contributed by atoms with van der Waals surface area (Å²) in [7, 11) is -0.659. The number of amides is 1. The van der Waals surface area contributed by atoms with Crippen LogP contribution >= 0.6 is 0 Å². The van der Waals surface area contributed by atoms with Crippen molar-refractivity contribution in [1.29, 1.82) is 0 Å². The van der Waals surface area contributed by atoms with E-state index in [0.717, 1.165) is 11.1 Å². The standard InChI is InChI=1S/C25H28N2O4S/c1-18-10-13-23(14-11-18)32(29,30)27(3)17-22-16-21(12-15-24(22)31-4)25(28)26-19(2)20-8-6-5-7-9-20/h5-16,19H,17H2,1-4H3,(H,26,28). The number of hydrogen-bond acceptors (Lipinski definition) is 4. The number of nitrogens with one attached hydrogen (secondary N) is 1. The SMILES string of the molecule is COc1ccc(C(=O)NC(C)c2ccccc2)cc1CN(C)S(=O)(=O)c1ccc(C)cc1. The first kappa shape index (κ1) is 23.5. The molecule has 1 atom stereocenters. The molecular weight excluding hydrogens is 424 g/mol. The number of ether oxygens (including phenoxy) is 1. The lowest BCUT2D eigenvalue weighted by Gasteiger charge is -2.20. The number of hydrogen-bond donors (Lipinski definition) is 1. The summed E-state index contributed by atoms with van der Waals surface area (Å²) in [5, 5.41) is 2.98. The first-order chi connectivity index (χ1) is 15.2. The van der Waals surface area contributed by atoms with E-state index in [1.807, 2.05) is 44.2 Å². The monoisotopic (exact) mass is 452 g/mol. The molecule has 3 aromatic rings. The molecule has 3 aromatic carbocycles. The molecule has 1 unspecified atom stereocenters. The largest absolute Gasteiger partial charge is 0.496 e. The maximum atomic E-state index is 13.0. The third-order valence-electron chi connectivity index (χ3n) is 5.31. The number of carbonyl (C=O) groups excluding carboxylic acids is 1. The molecule has 0 heterocycles. The van der Waals surface area contributed by atoms with Crippen LogP contribution in [0, 0.1) is 6.92 Å². The van der Waals surface area contributed by atoms with E-state index in [9.17, 15) is 13.2 Å². The van der Waals surface area contributed by atoms with Gasteiger partial charge in [0.25, 0.3) is 5.91 Å². The van der Waals surface area contributed by atoms with Crippen LogP contribution in [0.25, 0.3) is 0 Å². The van der Waals surface area contributed by atoms with Crippen LogP contribution in [0.2, 0.25) is 0 Å². The van der Waals surface area contributed by atoms with Crippen LogP contribution in [-0.2, 0) is 16.6 Å². The highest BCUT2D eigenvalue weighted by atomic mass is 32.2. The summed E-state index contributed by atoms with van der Waals surface area (Å²) in [4.78, 5) is 13.1. The third-order valence-corrected chi connectivity index (χ3v) is 7.13. The van der Waals surface area contributed by atoms with E-state index < -0.39 is 10.0 Å². The minimum Gasteiger partial charge on any atom is -0.496 e. The molecule has 1 N–H and O–H groups in total. The molecule has 0 radical (unpaired) electrons. The van der Waals surface area contributed by atoms with Gasteiger partial charge >= 0.3 is 0 Å². The van der Waals surface area contributed by atoms with Gasteiger partial charge in [0.05, 0.1) is 18.0 Å². The molecule has 7 heteroatoms. The molecule has 6 nitrogen and oxygen atoms in total. The Bertz CT molecular complexity index is 1180. The van der Waals surface area contributed by atoms with Crippen molar-refractivity contribution in [2.24, 2.45) is 0 Å². The summed E-state index contributed by atoms with van der Waals surface area (Å²) in [6.45, 7) is 3.88. The summed E-state index contributed by atoms with van der Waals surface area (Å²) in [5.41, 5.74) is 3.02. The van der Waals surface area contributed by atoms with Gasteiger partial charge in [0, 0.05) is 24.7 Å². The van der Waals surface area contributed by atoms with Crippen LogP contribution in [0.1, 0.15) is 40.0 Å². The van der Waals surface area contributed by atoms with Crippen molar-refractivity contribution in [2.45, 2.75) is 31.3 Å². The zero-order valence-corrected chi connectivity index (χ0v) is 19.5. The predicted octanol–water partition coefficient (Wildman–Crippen LogP) is 4.32. The highest BCUT2D eigenvalue weighted by Gasteiger charge is 2.23. The molecule has 32 heavy (non-hydrogen) atoms. The topological polar surface area (TPSA) is 75.7 Å². The molecule has 3 rings (SSSR count). The average molecular weight is 453 g/mol. The van der Waals surface area contributed by atoms with Crippen LogP contribution in [0.3, 0.4) is 0 Å². The minimum absolute atomic E-state index is 0.0642. The predicted molar refractivity (Wildman–Crippen MR) is 125 cm³/mol. The molecule has 0 bridgehead atoms. The van der Waals surface area contributed by atoms with E-state index in [1.165, 1.54) is 18.5 Å². The second-order valence-corrected chi connectivity index (χ2v) is 9.75. The Morgan fingerprint density at radius 1 is 1.03 bits per heavy atom. The van der Waals surface area contributed by atoms with E-state index in [-0.39, 0.29) is 23.4 Å². The number of aryl methyl sites for hydroxylation is 1. The molecule has 0 saturated carbocycles. The lowest BCUT2D eigenvalue weighted by atomic mass is 10.1. The van der Waals surface area contributed by atoms with Crippen molar-refractivity contribution in [3.05, 3.63) is 95.1 Å². The van der Waals surface area contributed by atoms with E-state index in [2.05, 4.69) is 5.32 Å². The first-order valence-corrected chi connectivity index (χ1v) is 11.7. The van der Waals surface area contributed by atoms with Crippen LogP contribution in [-0.4, -0.2) is 32.8 Å². The van der Waals surface area contributed by atoms with E-state index in [4.69, 9.17) is 4.74 Å². The first-order valence-electron chi connectivity index (χ1n) is 10.3. The lowest BCUT2D eigenvalue weighted by molar-refractivity contribution is 0.0939. The summed E-state index contributed by atoms with van der Waals surface area (Å²) < 4.78 is 32.6. The van der Waals surface area contributed by atoms with Crippen molar-refractivity contribution >= 4 is 15.9 Å². The number of methoxy groups -OCH3 is 1. The third kappa shape index (κ3) is 5.36. The summed E-state index contributed by atoms with van der Waals surface area (Å²) >= 11 is 0. The van der Waals surface area contributed by atoms with Gasteiger partial charge in [-0.25, -0.2) is 8.42 Å². The van der Waals surface area contributed by atoms with Crippen molar-refractivity contribution < 1.29 is 17.9 Å². The Hall–Kier alpha value is -3.16. The molecule has 0 fully saturated rings. The number of carbonyl (C=O) groups is 1. The molecule has 0 saturated heterocycles. The van der Waals surface area contributed by atoms with Gasteiger partial charge in [-0.3, -0.25) is 4.79 Å². The van der Waals surface area contributed by atoms with Gasteiger partial charge in [0.2, 0.25) is 10.0 Å². The van der Waals surface area contributed by atoms with Gasteiger partial charge in [-0.15, -0.1) is 0 Å². The fourth-order valence-electron chi connectivity index (χ4n) is 3.36. The van der Waals surface area contributed by atoms with Gasteiger partial charge in [-0.2, -0.15) is 4.31 Å². The van der Waals surface area contributed by atoms with Crippen LogP contribution in [0.5, 0.6) is 5.75 Å². The van der Waals surface area contributed by atoms with Gasteiger partial charge in [-0.05, 0) is 49.7 Å². The van der Waals surface area contributed by atoms with Crippen molar-refractivity contribution in [3.63, 3.8) is 0 Å². The smallest absolute Gasteiger partial charge is 0.251 e. The van der Waals surface area contributed by atoms with Crippen molar-refractivity contribution in [3.8, 4) is 5.75 Å². The van der Waals surface area contributed by atoms with E-state index in [1.54, 1.807) is 42.5 Å². The fraction of sp³-hybridized carbons (Fsp3) is 0.240. The molecule has 0 aliphatic rings. The van der Waals surface area contributed by atoms with Gasteiger partial charge in [0.1, 0.15) is 5.75 Å². The molecular formula is C25H28N2O4S. The molecule has 0 aliphatic heterocycles. The molecule has 1 amide bonds. The Kier molecular flexibility index (Phi) is 7.33. The van der Waals surface area contributed by atoms with Gasteiger partial charge in [-0.1, -0.05) is 48.0 Å². The zero-order chi connectivity index (χ0) is 23.3. The number of rotatable bonds is 8. The summed E-state index contributed by atoms with van der Waals surface area (Å²) in [6.07, 6.45) is 0. The molecule has 0 aliphatic carbocycles. The quantitative estimate of drug-likeness (QED) is 0.552. The Balaban J connectivity index is 1.81. The Morgan fingerprint density at radius 3 is 2.31 bits per heavy atom. The van der Waals surface area contributed by atoms with Crippen LogP contribution in [0.15, 0.2) is 77.7 Å². The number of nitrogens with zero attached hydrogens (tertiary/aromatic N) is 1. The maximum absolute atomic E-state index is 13.0. The van der Waals surface area contributed by atoms with E-state index >= 15 is 0 Å². The van der Waals surface area contributed by atoms with Gasteiger partial charge < -0.3 is 10.1 Å². The molecule has 168 valence electrons. The molecule has 0 spiro atoms. The van der Waals surface area contributed by atoms with Crippen molar-refractivity contribution in [1.82, 2.24) is 9.62 Å². The number of sulfonamides is 1. The van der Waals surface area contributed by atoms with Gasteiger partial charge in [0.15, 0.2) is 0 Å². The highest BCUT2D eigenvalue weighted by Crippen LogP contribution is 2.25. The lowest BCUT2D eigenvalue weighted by Crippen LogP contribution is -2.28. The van der Waals surface area contributed by atoms with Crippen LogP contribution in [0.4, 0.5) is 0 Å². The normalized spacial score (nSPS) is 12.4. The summed E-state index contributed by atoms with van der Waals surface area (Å²) in [5.74, 6) is 0.276. The maximum Gasteiger partial charge on any atom is 0.251 e. The second kappa shape index (κ2) is 9.97. The van der Waals surface area contributed by atoms with Crippen molar-refractivity contribution in [2.75, 3.05) is 14.2 Å². The van der Waals surface area contributed by atoms with Crippen LogP contribution < -0.4 is 10.1 Å². The number of benzene rings is 3. The summed E-state index contributed by atoms with van der Waals surface area (Å²) in [6, 6.07) is 21.3. The second-order valence-electron chi connectivity index (χ2n) is 7.71. The zero-order valence-electron chi connectivity index (χ0n) is 18.7. The Labute approximate surface area is 189 Å². The Morgan fingerprint density at radius 2 is 1.69 bits per heavy atom. The fourth-order valence-corrected chi connectivity index (χ4v) is 4.51. The molecule has 0 aromatic heterocycles. The average Bonchev–Trinajstić information content (AvgIpc) is 2.79.